The number of benzene rings is 2. The largest absolute Gasteiger partial charge is 0.322 e. The zero-order chi connectivity index (χ0) is 26.6. The Balaban J connectivity index is 1.20. The van der Waals surface area contributed by atoms with E-state index >= 15 is 4.39 Å². The van der Waals surface area contributed by atoms with Crippen molar-refractivity contribution in [1.29, 1.82) is 0 Å². The van der Waals surface area contributed by atoms with Crippen molar-refractivity contribution in [2.24, 2.45) is 0 Å². The standard InChI is InChI=1S/C27H25FN4O5S/c28-22-13-21-18(15-32(27(21)35)23-4-5-25(33)30-26(23)34)12-20(22)16-7-10-31(11-8-16)38(36,37)24-3-1-2-17-14-29-9-6-19(17)24/h1-3,6,9,12-14,16,23H,4-5,7-8,10-11,15H2,(H,30,33,34). The van der Waals surface area contributed by atoms with E-state index < -0.39 is 33.7 Å². The zero-order valence-electron chi connectivity index (χ0n) is 20.4. The first-order chi connectivity index (χ1) is 18.2. The van der Waals surface area contributed by atoms with Gasteiger partial charge in [0.2, 0.25) is 21.8 Å². The molecule has 0 aliphatic carbocycles. The monoisotopic (exact) mass is 536 g/mol. The summed E-state index contributed by atoms with van der Waals surface area (Å²) in [4.78, 5) is 42.4. The molecule has 2 saturated heterocycles. The molecular formula is C27H25FN4O5S. The summed E-state index contributed by atoms with van der Waals surface area (Å²) in [5.74, 6) is -2.02. The molecular weight excluding hydrogens is 511 g/mol. The Morgan fingerprint density at radius 3 is 2.58 bits per heavy atom. The number of sulfonamides is 1. The van der Waals surface area contributed by atoms with Crippen LogP contribution in [0.1, 0.15) is 53.1 Å². The SMILES string of the molecule is O=C1CCC(N2Cc3cc(C4CCN(S(=O)(=O)c5cccc6cnccc56)CC4)c(F)cc3C2=O)C(=O)N1. The Bertz CT molecular complexity index is 1600. The van der Waals surface area contributed by atoms with Gasteiger partial charge in [-0.15, -0.1) is 0 Å². The Kier molecular flexibility index (Phi) is 5.99. The molecule has 11 heteroatoms. The average Bonchev–Trinajstić information content (AvgIpc) is 3.22. The summed E-state index contributed by atoms with van der Waals surface area (Å²) in [5.41, 5.74) is 1.31. The molecule has 9 nitrogen and oxygen atoms in total. The smallest absolute Gasteiger partial charge is 0.255 e. The van der Waals surface area contributed by atoms with Gasteiger partial charge in [0.15, 0.2) is 0 Å². The predicted molar refractivity (Wildman–Crippen MR) is 135 cm³/mol. The van der Waals surface area contributed by atoms with Crippen LogP contribution >= 0.6 is 0 Å². The van der Waals surface area contributed by atoms with Crippen LogP contribution in [0.4, 0.5) is 4.39 Å². The number of piperidine rings is 2. The van der Waals surface area contributed by atoms with Crippen molar-refractivity contribution < 1.29 is 27.2 Å². The first-order valence-corrected chi connectivity index (χ1v) is 14.0. The third kappa shape index (κ3) is 4.06. The van der Waals surface area contributed by atoms with E-state index in [9.17, 15) is 22.8 Å². The molecule has 0 radical (unpaired) electrons. The topological polar surface area (TPSA) is 117 Å². The van der Waals surface area contributed by atoms with Crippen LogP contribution in [0.5, 0.6) is 0 Å². The summed E-state index contributed by atoms with van der Waals surface area (Å²) in [6.45, 7) is 0.648. The lowest BCUT2D eigenvalue weighted by Crippen LogP contribution is -2.52. The van der Waals surface area contributed by atoms with Gasteiger partial charge < -0.3 is 4.90 Å². The van der Waals surface area contributed by atoms with Crippen LogP contribution in [0.25, 0.3) is 10.8 Å². The fraction of sp³-hybridized carbons (Fsp3) is 0.333. The lowest BCUT2D eigenvalue weighted by Gasteiger charge is -2.32. The lowest BCUT2D eigenvalue weighted by atomic mass is 9.88. The second-order valence-corrected chi connectivity index (χ2v) is 11.9. The van der Waals surface area contributed by atoms with E-state index in [1.807, 2.05) is 6.07 Å². The van der Waals surface area contributed by atoms with Crippen molar-refractivity contribution in [2.75, 3.05) is 13.1 Å². The van der Waals surface area contributed by atoms with Crippen molar-refractivity contribution in [3.8, 4) is 0 Å². The van der Waals surface area contributed by atoms with Gasteiger partial charge in [0.1, 0.15) is 11.9 Å². The number of pyridine rings is 1. The number of hydrogen-bond acceptors (Lipinski definition) is 6. The number of aromatic nitrogens is 1. The summed E-state index contributed by atoms with van der Waals surface area (Å²) in [5, 5.41) is 3.61. The Hall–Kier alpha value is -3.70. The minimum Gasteiger partial charge on any atom is -0.322 e. The number of rotatable bonds is 4. The highest BCUT2D eigenvalue weighted by Gasteiger charge is 2.40. The van der Waals surface area contributed by atoms with E-state index in [4.69, 9.17) is 0 Å². The molecule has 38 heavy (non-hydrogen) atoms. The highest BCUT2D eigenvalue weighted by molar-refractivity contribution is 7.89. The fourth-order valence-corrected chi connectivity index (χ4v) is 7.47. The quantitative estimate of drug-likeness (QED) is 0.513. The molecule has 1 aromatic heterocycles. The molecule has 1 N–H and O–H groups in total. The summed E-state index contributed by atoms with van der Waals surface area (Å²) in [6, 6.07) is 8.94. The van der Waals surface area contributed by atoms with Gasteiger partial charge in [-0.2, -0.15) is 4.31 Å². The van der Waals surface area contributed by atoms with Gasteiger partial charge in [-0.3, -0.25) is 24.7 Å². The van der Waals surface area contributed by atoms with Gasteiger partial charge in [-0.1, -0.05) is 18.2 Å². The number of nitrogens with zero attached hydrogens (tertiary/aromatic N) is 3. The van der Waals surface area contributed by atoms with E-state index in [2.05, 4.69) is 10.3 Å². The van der Waals surface area contributed by atoms with E-state index in [0.29, 0.717) is 29.4 Å². The Morgan fingerprint density at radius 2 is 1.82 bits per heavy atom. The minimum absolute atomic E-state index is 0.146. The number of imide groups is 1. The van der Waals surface area contributed by atoms with Gasteiger partial charge in [0.05, 0.1) is 4.90 Å². The predicted octanol–water partition coefficient (Wildman–Crippen LogP) is 2.70. The minimum atomic E-state index is -3.75. The van der Waals surface area contributed by atoms with Gasteiger partial charge in [-0.25, -0.2) is 12.8 Å². The molecule has 3 amide bonds. The van der Waals surface area contributed by atoms with E-state index in [0.717, 1.165) is 5.39 Å². The zero-order valence-corrected chi connectivity index (χ0v) is 21.2. The van der Waals surface area contributed by atoms with Crippen molar-refractivity contribution in [3.05, 3.63) is 71.3 Å². The van der Waals surface area contributed by atoms with Crippen LogP contribution in [-0.4, -0.2) is 59.5 Å². The number of fused-ring (bicyclic) bond motifs is 2. The Morgan fingerprint density at radius 1 is 1.03 bits per heavy atom. The van der Waals surface area contributed by atoms with E-state index in [1.165, 1.54) is 15.3 Å². The third-order valence-corrected chi connectivity index (χ3v) is 9.75. The van der Waals surface area contributed by atoms with Crippen molar-refractivity contribution >= 4 is 38.5 Å². The van der Waals surface area contributed by atoms with Crippen LogP contribution in [0, 0.1) is 5.82 Å². The number of halogens is 1. The van der Waals surface area contributed by atoms with Crippen molar-refractivity contribution in [1.82, 2.24) is 19.5 Å². The highest BCUT2D eigenvalue weighted by Crippen LogP contribution is 2.37. The molecule has 2 aromatic carbocycles. The molecule has 2 fully saturated rings. The van der Waals surface area contributed by atoms with Crippen LogP contribution in [0.3, 0.4) is 0 Å². The second-order valence-electron chi connectivity index (χ2n) is 9.96. The summed E-state index contributed by atoms with van der Waals surface area (Å²) in [6.07, 6.45) is 4.45. The first-order valence-electron chi connectivity index (χ1n) is 12.5. The van der Waals surface area contributed by atoms with Crippen molar-refractivity contribution in [3.63, 3.8) is 0 Å². The van der Waals surface area contributed by atoms with E-state index in [-0.39, 0.29) is 54.8 Å². The molecule has 1 unspecified atom stereocenters. The molecule has 0 saturated carbocycles. The summed E-state index contributed by atoms with van der Waals surface area (Å²) in [7, 11) is -3.75. The maximum Gasteiger partial charge on any atom is 0.255 e. The van der Waals surface area contributed by atoms with Gasteiger partial charge >= 0.3 is 0 Å². The average molecular weight is 537 g/mol. The van der Waals surface area contributed by atoms with Crippen LogP contribution in [0.15, 0.2) is 53.7 Å². The molecule has 3 aliphatic heterocycles. The van der Waals surface area contributed by atoms with Gasteiger partial charge in [-0.05, 0) is 54.5 Å². The molecule has 1 atom stereocenters. The highest BCUT2D eigenvalue weighted by atomic mass is 32.2. The lowest BCUT2D eigenvalue weighted by molar-refractivity contribution is -0.136. The molecule has 196 valence electrons. The van der Waals surface area contributed by atoms with Crippen LogP contribution < -0.4 is 5.32 Å². The summed E-state index contributed by atoms with van der Waals surface area (Å²) < 4.78 is 43.6. The molecule has 6 rings (SSSR count). The summed E-state index contributed by atoms with van der Waals surface area (Å²) >= 11 is 0. The number of amides is 3. The fourth-order valence-electron chi connectivity index (χ4n) is 5.79. The van der Waals surface area contributed by atoms with Gasteiger partial charge in [0.25, 0.3) is 5.91 Å². The second kappa shape index (κ2) is 9.25. The molecule has 3 aromatic rings. The molecule has 3 aliphatic rings. The number of hydrogen-bond donors (Lipinski definition) is 1. The molecule has 0 bridgehead atoms. The molecule has 4 heterocycles. The Labute approximate surface area is 218 Å². The number of carbonyl (C=O) groups is 3. The molecule has 0 spiro atoms. The van der Waals surface area contributed by atoms with Crippen LogP contribution in [-0.2, 0) is 26.2 Å². The maximum atomic E-state index is 15.2. The maximum absolute atomic E-state index is 15.2. The van der Waals surface area contributed by atoms with Gasteiger partial charge in [0, 0.05) is 54.8 Å². The first kappa shape index (κ1) is 24.6. The third-order valence-electron chi connectivity index (χ3n) is 7.79. The van der Waals surface area contributed by atoms with E-state index in [1.54, 1.807) is 36.7 Å². The number of carbonyl (C=O) groups excluding carboxylic acids is 3. The van der Waals surface area contributed by atoms with Crippen molar-refractivity contribution in [2.45, 2.75) is 49.1 Å². The number of nitrogens with one attached hydrogen (secondary N) is 1. The van der Waals surface area contributed by atoms with Crippen LogP contribution in [0.2, 0.25) is 0 Å². The normalized spacial score (nSPS) is 21.1.